The van der Waals surface area contributed by atoms with Gasteiger partial charge in [-0.15, -0.1) is 0 Å². The molecule has 0 bridgehead atoms. The Morgan fingerprint density at radius 1 is 1.50 bits per heavy atom. The van der Waals surface area contributed by atoms with E-state index in [9.17, 15) is 5.11 Å². The lowest BCUT2D eigenvalue weighted by atomic mass is 9.87. The van der Waals surface area contributed by atoms with Gasteiger partial charge in [-0.1, -0.05) is 13.3 Å². The maximum Gasteiger partial charge on any atom is 0.0543 e. The summed E-state index contributed by atoms with van der Waals surface area (Å²) in [6.45, 7) is 5.05. The van der Waals surface area contributed by atoms with E-state index in [-0.39, 0.29) is 6.10 Å². The van der Waals surface area contributed by atoms with Crippen molar-refractivity contribution < 1.29 is 5.11 Å². The van der Waals surface area contributed by atoms with Crippen LogP contribution in [0.1, 0.15) is 44.7 Å². The molecule has 0 saturated heterocycles. The summed E-state index contributed by atoms with van der Waals surface area (Å²) in [5.74, 6) is 0.635. The number of aromatic nitrogens is 2. The van der Waals surface area contributed by atoms with Crippen LogP contribution in [0.2, 0.25) is 0 Å². The summed E-state index contributed by atoms with van der Waals surface area (Å²) in [6, 6.07) is 2.08. The van der Waals surface area contributed by atoms with Crippen LogP contribution in [-0.2, 0) is 13.1 Å². The van der Waals surface area contributed by atoms with Crippen molar-refractivity contribution in [3.63, 3.8) is 0 Å². The summed E-state index contributed by atoms with van der Waals surface area (Å²) in [5.41, 5.74) is 1.26. The van der Waals surface area contributed by atoms with Gasteiger partial charge in [0.05, 0.1) is 11.8 Å². The van der Waals surface area contributed by atoms with Crippen LogP contribution < -0.4 is 5.32 Å². The molecule has 2 N–H and O–H groups in total. The maximum atomic E-state index is 9.64. The van der Waals surface area contributed by atoms with Gasteiger partial charge in [0.15, 0.2) is 0 Å². The lowest BCUT2D eigenvalue weighted by molar-refractivity contribution is 0.100. The fourth-order valence-corrected chi connectivity index (χ4v) is 2.78. The molecular weight excluding hydrogens is 226 g/mol. The molecule has 2 rings (SSSR count). The van der Waals surface area contributed by atoms with Gasteiger partial charge < -0.3 is 10.4 Å². The standard InChI is InChI=1S/C14H25N3O/c1-2-8-17-13(6-7-16-17)11-15-10-12-4-3-5-14(18)9-12/h6-7,12,14-15,18H,2-5,8-11H2,1H3. The average Bonchev–Trinajstić information content (AvgIpc) is 2.78. The van der Waals surface area contributed by atoms with Crippen LogP contribution in [0.4, 0.5) is 0 Å². The molecule has 1 aliphatic carbocycles. The molecule has 0 amide bonds. The zero-order valence-electron chi connectivity index (χ0n) is 11.3. The van der Waals surface area contributed by atoms with Gasteiger partial charge in [-0.25, -0.2) is 0 Å². The van der Waals surface area contributed by atoms with Crippen molar-refractivity contribution in [1.29, 1.82) is 0 Å². The molecule has 0 aromatic carbocycles. The van der Waals surface area contributed by atoms with Gasteiger partial charge >= 0.3 is 0 Å². The molecule has 1 saturated carbocycles. The van der Waals surface area contributed by atoms with Crippen molar-refractivity contribution in [2.45, 2.75) is 58.2 Å². The van der Waals surface area contributed by atoms with Gasteiger partial charge in [-0.05, 0) is 44.2 Å². The molecule has 18 heavy (non-hydrogen) atoms. The third-order valence-electron chi connectivity index (χ3n) is 3.73. The molecule has 102 valence electrons. The Morgan fingerprint density at radius 3 is 3.17 bits per heavy atom. The molecule has 1 fully saturated rings. The summed E-state index contributed by atoms with van der Waals surface area (Å²) in [5, 5.41) is 17.5. The zero-order chi connectivity index (χ0) is 12.8. The third kappa shape index (κ3) is 3.82. The molecule has 4 nitrogen and oxygen atoms in total. The van der Waals surface area contributed by atoms with Crippen molar-refractivity contribution in [1.82, 2.24) is 15.1 Å². The van der Waals surface area contributed by atoms with Crippen LogP contribution in [0, 0.1) is 5.92 Å². The second-order valence-electron chi connectivity index (χ2n) is 5.36. The predicted molar refractivity (Wildman–Crippen MR) is 72.2 cm³/mol. The first-order chi connectivity index (χ1) is 8.79. The summed E-state index contributed by atoms with van der Waals surface area (Å²) in [4.78, 5) is 0. The molecule has 4 heteroatoms. The number of aliphatic hydroxyl groups excluding tert-OH is 1. The van der Waals surface area contributed by atoms with Gasteiger partial charge in [-0.2, -0.15) is 5.10 Å². The van der Waals surface area contributed by atoms with E-state index in [1.807, 2.05) is 6.20 Å². The Morgan fingerprint density at radius 2 is 2.39 bits per heavy atom. The van der Waals surface area contributed by atoms with E-state index in [1.54, 1.807) is 0 Å². The predicted octanol–water partition coefficient (Wildman–Crippen LogP) is 1.93. The minimum absolute atomic E-state index is 0.0730. The Balaban J connectivity index is 1.72. The van der Waals surface area contributed by atoms with E-state index in [2.05, 4.69) is 28.1 Å². The van der Waals surface area contributed by atoms with E-state index in [4.69, 9.17) is 0 Å². The fourth-order valence-electron chi connectivity index (χ4n) is 2.78. The summed E-state index contributed by atoms with van der Waals surface area (Å²) in [7, 11) is 0. The Labute approximate surface area is 109 Å². The van der Waals surface area contributed by atoms with Crippen molar-refractivity contribution in [3.05, 3.63) is 18.0 Å². The van der Waals surface area contributed by atoms with Gasteiger partial charge in [0.1, 0.15) is 0 Å². The summed E-state index contributed by atoms with van der Waals surface area (Å²) in [6.07, 6.45) is 7.28. The van der Waals surface area contributed by atoms with Crippen LogP contribution in [-0.4, -0.2) is 27.5 Å². The van der Waals surface area contributed by atoms with E-state index in [0.29, 0.717) is 5.92 Å². The first kappa shape index (κ1) is 13.6. The van der Waals surface area contributed by atoms with Crippen LogP contribution in [0.5, 0.6) is 0 Å². The topological polar surface area (TPSA) is 50.1 Å². The molecule has 0 aliphatic heterocycles. The van der Waals surface area contributed by atoms with Crippen LogP contribution >= 0.6 is 0 Å². The lowest BCUT2D eigenvalue weighted by Crippen LogP contribution is -2.29. The molecule has 2 atom stereocenters. The lowest BCUT2D eigenvalue weighted by Gasteiger charge is -2.26. The normalized spacial score (nSPS) is 24.3. The first-order valence-electron chi connectivity index (χ1n) is 7.19. The van der Waals surface area contributed by atoms with Gasteiger partial charge in [0.2, 0.25) is 0 Å². The van der Waals surface area contributed by atoms with Crippen molar-refractivity contribution >= 4 is 0 Å². The number of rotatable bonds is 6. The van der Waals surface area contributed by atoms with Crippen LogP contribution in [0.25, 0.3) is 0 Å². The first-order valence-corrected chi connectivity index (χ1v) is 7.19. The second kappa shape index (κ2) is 6.90. The minimum Gasteiger partial charge on any atom is -0.393 e. The number of nitrogens with one attached hydrogen (secondary N) is 1. The van der Waals surface area contributed by atoms with Crippen LogP contribution in [0.3, 0.4) is 0 Å². The summed E-state index contributed by atoms with van der Waals surface area (Å²) < 4.78 is 2.07. The van der Waals surface area contributed by atoms with E-state index < -0.39 is 0 Å². The van der Waals surface area contributed by atoms with E-state index in [0.717, 1.165) is 38.9 Å². The molecule has 2 unspecified atom stereocenters. The van der Waals surface area contributed by atoms with Crippen molar-refractivity contribution in [2.75, 3.05) is 6.54 Å². The Hall–Kier alpha value is -0.870. The van der Waals surface area contributed by atoms with E-state index >= 15 is 0 Å². The fraction of sp³-hybridized carbons (Fsp3) is 0.786. The van der Waals surface area contributed by atoms with E-state index in [1.165, 1.54) is 18.5 Å². The van der Waals surface area contributed by atoms with Gasteiger partial charge in [0, 0.05) is 19.3 Å². The third-order valence-corrected chi connectivity index (χ3v) is 3.73. The number of nitrogens with zero attached hydrogens (tertiary/aromatic N) is 2. The van der Waals surface area contributed by atoms with Crippen molar-refractivity contribution in [2.24, 2.45) is 5.92 Å². The largest absolute Gasteiger partial charge is 0.393 e. The highest BCUT2D eigenvalue weighted by molar-refractivity contribution is 5.00. The number of hydrogen-bond acceptors (Lipinski definition) is 3. The van der Waals surface area contributed by atoms with Gasteiger partial charge in [-0.3, -0.25) is 4.68 Å². The van der Waals surface area contributed by atoms with Crippen LogP contribution in [0.15, 0.2) is 12.3 Å². The number of aliphatic hydroxyl groups is 1. The molecular formula is C14H25N3O. The molecule has 1 heterocycles. The quantitative estimate of drug-likeness (QED) is 0.812. The zero-order valence-corrected chi connectivity index (χ0v) is 11.3. The molecule has 1 aromatic heterocycles. The van der Waals surface area contributed by atoms with Crippen molar-refractivity contribution in [3.8, 4) is 0 Å². The molecule has 1 aliphatic rings. The number of aryl methyl sites for hydroxylation is 1. The smallest absolute Gasteiger partial charge is 0.0543 e. The maximum absolute atomic E-state index is 9.64. The molecule has 0 spiro atoms. The molecule has 0 radical (unpaired) electrons. The Kier molecular flexibility index (Phi) is 5.20. The number of hydrogen-bond donors (Lipinski definition) is 2. The SMILES string of the molecule is CCCn1nccc1CNCC1CCCC(O)C1. The highest BCUT2D eigenvalue weighted by Gasteiger charge is 2.19. The Bertz CT molecular complexity index is 351. The highest BCUT2D eigenvalue weighted by Crippen LogP contribution is 2.23. The second-order valence-corrected chi connectivity index (χ2v) is 5.36. The summed E-state index contributed by atoms with van der Waals surface area (Å²) >= 11 is 0. The highest BCUT2D eigenvalue weighted by atomic mass is 16.3. The van der Waals surface area contributed by atoms with Gasteiger partial charge in [0.25, 0.3) is 0 Å². The average molecular weight is 251 g/mol. The monoisotopic (exact) mass is 251 g/mol. The molecule has 1 aromatic rings. The minimum atomic E-state index is -0.0730.